The molecule has 2 rings (SSSR count). The molecule has 0 fully saturated rings. The highest BCUT2D eigenvalue weighted by Gasteiger charge is 2.28. The lowest BCUT2D eigenvalue weighted by Crippen LogP contribution is -2.53. The zero-order valence-electron chi connectivity index (χ0n) is 17.6. The van der Waals surface area contributed by atoms with Gasteiger partial charge >= 0.3 is 5.97 Å². The summed E-state index contributed by atoms with van der Waals surface area (Å²) in [5.74, 6) is -1.87. The third kappa shape index (κ3) is 6.40. The quantitative estimate of drug-likeness (QED) is 0.650. The summed E-state index contributed by atoms with van der Waals surface area (Å²) in [6.07, 6.45) is 0.420. The summed E-state index contributed by atoms with van der Waals surface area (Å²) in [6.45, 7) is 5.18. The summed E-state index contributed by atoms with van der Waals surface area (Å²) >= 11 is 0. The van der Waals surface area contributed by atoms with E-state index >= 15 is 0 Å². The standard InChI is InChI=1S/C23H27FN2O4/c1-14-6-5-7-15(2)19(14)13-21(23(29)30-4)26-22(28)20(25-16(3)27)12-17-8-10-18(24)11-9-17/h5-11,20-21H,12-13H2,1-4H3,(H,25,27)(H,26,28)/t20-,21+/m1/s1. The molecular weight excluding hydrogens is 387 g/mol. The van der Waals surface area contributed by atoms with Crippen LogP contribution < -0.4 is 10.6 Å². The monoisotopic (exact) mass is 414 g/mol. The normalized spacial score (nSPS) is 12.6. The molecule has 6 nitrogen and oxygen atoms in total. The number of hydrogen-bond donors (Lipinski definition) is 2. The summed E-state index contributed by atoms with van der Waals surface area (Å²) in [6, 6.07) is 9.64. The van der Waals surface area contributed by atoms with Gasteiger partial charge in [-0.25, -0.2) is 9.18 Å². The molecule has 0 aliphatic heterocycles. The molecular formula is C23H27FN2O4. The summed E-state index contributed by atoms with van der Waals surface area (Å²) in [4.78, 5) is 36.9. The maximum absolute atomic E-state index is 13.2. The fourth-order valence-electron chi connectivity index (χ4n) is 3.29. The molecule has 0 aliphatic rings. The molecule has 0 saturated heterocycles. The van der Waals surface area contributed by atoms with Crippen molar-refractivity contribution in [2.24, 2.45) is 0 Å². The van der Waals surface area contributed by atoms with Gasteiger partial charge in [-0.2, -0.15) is 0 Å². The van der Waals surface area contributed by atoms with Gasteiger partial charge < -0.3 is 15.4 Å². The van der Waals surface area contributed by atoms with Crippen molar-refractivity contribution in [3.63, 3.8) is 0 Å². The number of amides is 2. The number of halogens is 1. The predicted octanol–water partition coefficient (Wildman–Crippen LogP) is 2.39. The second-order valence-corrected chi connectivity index (χ2v) is 7.24. The smallest absolute Gasteiger partial charge is 0.328 e. The van der Waals surface area contributed by atoms with E-state index in [-0.39, 0.29) is 18.7 Å². The van der Waals surface area contributed by atoms with Gasteiger partial charge in [-0.3, -0.25) is 9.59 Å². The number of methoxy groups -OCH3 is 1. The van der Waals surface area contributed by atoms with E-state index in [0.717, 1.165) is 16.7 Å². The van der Waals surface area contributed by atoms with E-state index in [1.807, 2.05) is 32.0 Å². The van der Waals surface area contributed by atoms with Crippen LogP contribution in [0, 0.1) is 19.7 Å². The molecule has 2 aromatic carbocycles. The van der Waals surface area contributed by atoms with Crippen LogP contribution in [0.4, 0.5) is 4.39 Å². The maximum atomic E-state index is 13.2. The second kappa shape index (κ2) is 10.5. The van der Waals surface area contributed by atoms with Gasteiger partial charge in [-0.05, 0) is 48.2 Å². The number of hydrogen-bond acceptors (Lipinski definition) is 4. The zero-order chi connectivity index (χ0) is 22.3. The largest absolute Gasteiger partial charge is 0.467 e. The SMILES string of the molecule is COC(=O)[C@H](Cc1c(C)cccc1C)NC(=O)[C@@H](Cc1ccc(F)cc1)NC(C)=O. The minimum absolute atomic E-state index is 0.156. The molecule has 0 heterocycles. The van der Waals surface area contributed by atoms with E-state index in [1.54, 1.807) is 12.1 Å². The molecule has 0 radical (unpaired) electrons. The van der Waals surface area contributed by atoms with E-state index in [9.17, 15) is 18.8 Å². The topological polar surface area (TPSA) is 84.5 Å². The van der Waals surface area contributed by atoms with E-state index in [0.29, 0.717) is 5.56 Å². The van der Waals surface area contributed by atoms with E-state index in [1.165, 1.54) is 26.2 Å². The fourth-order valence-corrected chi connectivity index (χ4v) is 3.29. The molecule has 2 N–H and O–H groups in total. The van der Waals surface area contributed by atoms with Crippen molar-refractivity contribution in [3.05, 3.63) is 70.5 Å². The lowest BCUT2D eigenvalue weighted by molar-refractivity contribution is -0.145. The predicted molar refractivity (Wildman–Crippen MR) is 111 cm³/mol. The van der Waals surface area contributed by atoms with Gasteiger partial charge in [0.05, 0.1) is 7.11 Å². The van der Waals surface area contributed by atoms with Crippen LogP contribution in [0.15, 0.2) is 42.5 Å². The Bertz CT molecular complexity index is 892. The molecule has 30 heavy (non-hydrogen) atoms. The summed E-state index contributed by atoms with van der Waals surface area (Å²) in [7, 11) is 1.26. The number of esters is 1. The number of rotatable bonds is 8. The fraction of sp³-hybridized carbons (Fsp3) is 0.348. The Balaban J connectivity index is 2.22. The zero-order valence-corrected chi connectivity index (χ0v) is 17.6. The lowest BCUT2D eigenvalue weighted by Gasteiger charge is -2.23. The van der Waals surface area contributed by atoms with Crippen LogP contribution in [0.3, 0.4) is 0 Å². The minimum atomic E-state index is -0.918. The molecule has 0 aromatic heterocycles. The van der Waals surface area contributed by atoms with Gasteiger partial charge in [0.1, 0.15) is 17.9 Å². The van der Waals surface area contributed by atoms with Crippen molar-refractivity contribution in [2.75, 3.05) is 7.11 Å². The van der Waals surface area contributed by atoms with Crippen molar-refractivity contribution in [1.82, 2.24) is 10.6 Å². The van der Waals surface area contributed by atoms with Gasteiger partial charge in [0.25, 0.3) is 0 Å². The Morgan fingerprint density at radius 2 is 1.53 bits per heavy atom. The highest BCUT2D eigenvalue weighted by Crippen LogP contribution is 2.16. The first-order valence-corrected chi connectivity index (χ1v) is 9.66. The Morgan fingerprint density at radius 3 is 2.07 bits per heavy atom. The molecule has 0 bridgehead atoms. The van der Waals surface area contributed by atoms with E-state index in [2.05, 4.69) is 10.6 Å². The first-order chi connectivity index (χ1) is 14.2. The molecule has 2 aromatic rings. The third-order valence-corrected chi connectivity index (χ3v) is 4.90. The number of ether oxygens (including phenoxy) is 1. The Kier molecular flexibility index (Phi) is 8.09. The molecule has 160 valence electrons. The first-order valence-electron chi connectivity index (χ1n) is 9.66. The van der Waals surface area contributed by atoms with Crippen molar-refractivity contribution < 1.29 is 23.5 Å². The van der Waals surface area contributed by atoms with Crippen molar-refractivity contribution in [2.45, 2.75) is 45.7 Å². The first kappa shape index (κ1) is 23.1. The van der Waals surface area contributed by atoms with Crippen molar-refractivity contribution in [3.8, 4) is 0 Å². The molecule has 0 spiro atoms. The Labute approximate surface area is 175 Å². The van der Waals surface area contributed by atoms with Crippen molar-refractivity contribution in [1.29, 1.82) is 0 Å². The highest BCUT2D eigenvalue weighted by atomic mass is 19.1. The number of aryl methyl sites for hydroxylation is 2. The van der Waals surface area contributed by atoms with Crippen LogP contribution in [-0.4, -0.2) is 37.0 Å². The van der Waals surface area contributed by atoms with Crippen LogP contribution in [0.25, 0.3) is 0 Å². The van der Waals surface area contributed by atoms with Crippen LogP contribution in [0.1, 0.15) is 29.2 Å². The average Bonchev–Trinajstić information content (AvgIpc) is 2.70. The number of carbonyl (C=O) groups excluding carboxylic acids is 3. The summed E-state index contributed by atoms with van der Waals surface area (Å²) in [5, 5.41) is 5.30. The maximum Gasteiger partial charge on any atom is 0.328 e. The second-order valence-electron chi connectivity index (χ2n) is 7.24. The minimum Gasteiger partial charge on any atom is -0.467 e. The molecule has 0 saturated carbocycles. The summed E-state index contributed by atoms with van der Waals surface area (Å²) < 4.78 is 18.0. The van der Waals surface area contributed by atoms with Gasteiger partial charge in [0, 0.05) is 19.8 Å². The molecule has 7 heteroatoms. The van der Waals surface area contributed by atoms with Crippen molar-refractivity contribution >= 4 is 17.8 Å². The lowest BCUT2D eigenvalue weighted by atomic mass is 9.96. The molecule has 0 unspecified atom stereocenters. The van der Waals surface area contributed by atoms with Crippen LogP contribution in [0.2, 0.25) is 0 Å². The van der Waals surface area contributed by atoms with Gasteiger partial charge in [0.2, 0.25) is 11.8 Å². The Hall–Kier alpha value is -3.22. The third-order valence-electron chi connectivity index (χ3n) is 4.90. The number of carbonyl (C=O) groups is 3. The van der Waals surface area contributed by atoms with E-state index < -0.39 is 29.8 Å². The van der Waals surface area contributed by atoms with Gasteiger partial charge in [-0.15, -0.1) is 0 Å². The number of benzene rings is 2. The number of nitrogens with one attached hydrogen (secondary N) is 2. The van der Waals surface area contributed by atoms with Gasteiger partial charge in [-0.1, -0.05) is 30.3 Å². The van der Waals surface area contributed by atoms with Crippen LogP contribution in [-0.2, 0) is 32.0 Å². The average molecular weight is 414 g/mol. The van der Waals surface area contributed by atoms with Crippen LogP contribution >= 0.6 is 0 Å². The molecule has 2 amide bonds. The highest BCUT2D eigenvalue weighted by molar-refractivity contribution is 5.90. The van der Waals surface area contributed by atoms with E-state index in [4.69, 9.17) is 4.74 Å². The molecule has 2 atom stereocenters. The van der Waals surface area contributed by atoms with Crippen LogP contribution in [0.5, 0.6) is 0 Å². The Morgan fingerprint density at radius 1 is 0.933 bits per heavy atom. The molecule has 0 aliphatic carbocycles. The summed E-state index contributed by atoms with van der Waals surface area (Å²) in [5.41, 5.74) is 3.63. The van der Waals surface area contributed by atoms with Gasteiger partial charge in [0.15, 0.2) is 0 Å².